The standard InChI is InChI=1S/C76H75NO2/c1-5-7-9-11-22-30-73(78)76(74(79)31-23-12-10-8-6-2)71-49-55(4)33-45-67(71)68-47-39-61(51-72(68)76)59-36-42-64(43-37-59)77(62-28-20-15-21-29-62)63-40-34-58(35-41-63)60-38-46-66-65-44-32-54(3)48-69(65)75(70(66)50-60,52-56-24-16-13-17-25-56)53-57-26-18-14-19-27-57/h13-21,24-29,32-51H,5-12,22-23,30-31,52-53H2,1-4H3. The van der Waals surface area contributed by atoms with Crippen LogP contribution in [0.3, 0.4) is 0 Å². The molecule has 2 aliphatic rings. The SMILES string of the molecule is CCCCCCCC(=O)C1(C(=O)CCCCCCC)c2cc(C)ccc2-c2ccc(-c3ccc(N(c4ccccc4)c4ccc(-c5ccc6c(c5)C(Cc5ccccc5)(Cc5ccccc5)c5cc(C)ccc5-6)cc4)cc3)cc21. The number of hydrogen-bond donors (Lipinski definition) is 0. The summed E-state index contributed by atoms with van der Waals surface area (Å²) in [5.74, 6) is 0.113. The lowest BCUT2D eigenvalue weighted by Crippen LogP contribution is -2.43. The fraction of sp³-hybridized carbons (Fsp3) is 0.263. The Balaban J connectivity index is 0.933. The normalized spacial score (nSPS) is 13.3. The third kappa shape index (κ3) is 10.5. The van der Waals surface area contributed by atoms with Gasteiger partial charge in [0.25, 0.3) is 0 Å². The minimum atomic E-state index is -1.31. The molecule has 0 atom stereocenters. The van der Waals surface area contributed by atoms with Crippen molar-refractivity contribution in [2.75, 3.05) is 4.90 Å². The second-order valence-electron chi connectivity index (χ2n) is 22.7. The molecule has 0 saturated carbocycles. The average Bonchev–Trinajstić information content (AvgIpc) is 3.56. The van der Waals surface area contributed by atoms with Gasteiger partial charge in [-0.1, -0.05) is 240 Å². The Labute approximate surface area is 470 Å². The zero-order chi connectivity index (χ0) is 54.3. The monoisotopic (exact) mass is 1030 g/mol. The quantitative estimate of drug-likeness (QED) is 0.0473. The van der Waals surface area contributed by atoms with Crippen LogP contribution >= 0.6 is 0 Å². The lowest BCUT2D eigenvalue weighted by atomic mass is 9.68. The number of carbonyl (C=O) groups is 2. The molecule has 0 unspecified atom stereocenters. The molecule has 3 heteroatoms. The molecule has 0 radical (unpaired) electrons. The van der Waals surface area contributed by atoms with Crippen molar-refractivity contribution in [1.29, 1.82) is 0 Å². The maximum absolute atomic E-state index is 15.2. The number of benzene rings is 9. The molecule has 2 aliphatic carbocycles. The Morgan fingerprint density at radius 1 is 0.354 bits per heavy atom. The molecule has 0 amide bonds. The van der Waals surface area contributed by atoms with Crippen LogP contribution in [0.1, 0.15) is 135 Å². The van der Waals surface area contributed by atoms with Crippen molar-refractivity contribution in [3.05, 3.63) is 257 Å². The van der Waals surface area contributed by atoms with Gasteiger partial charge in [0.15, 0.2) is 11.6 Å². The Morgan fingerprint density at radius 3 is 1.18 bits per heavy atom. The van der Waals surface area contributed by atoms with Gasteiger partial charge in [0.2, 0.25) is 0 Å². The van der Waals surface area contributed by atoms with E-state index in [2.05, 4.69) is 245 Å². The van der Waals surface area contributed by atoms with Crippen molar-refractivity contribution >= 4 is 28.6 Å². The lowest BCUT2D eigenvalue weighted by molar-refractivity contribution is -0.133. The van der Waals surface area contributed by atoms with Crippen molar-refractivity contribution in [3.8, 4) is 44.5 Å². The van der Waals surface area contributed by atoms with E-state index in [0.29, 0.717) is 12.8 Å². The molecule has 11 rings (SSSR count). The number of anilines is 3. The summed E-state index contributed by atoms with van der Waals surface area (Å²) in [7, 11) is 0. The fourth-order valence-electron chi connectivity index (χ4n) is 13.3. The summed E-state index contributed by atoms with van der Waals surface area (Å²) in [4.78, 5) is 32.7. The van der Waals surface area contributed by atoms with Crippen LogP contribution in [0.15, 0.2) is 212 Å². The van der Waals surface area contributed by atoms with Crippen LogP contribution in [-0.2, 0) is 33.3 Å². The summed E-state index contributed by atoms with van der Waals surface area (Å²) in [6.07, 6.45) is 13.1. The highest BCUT2D eigenvalue weighted by Crippen LogP contribution is 2.55. The molecular formula is C76H75NO2. The Hall–Kier alpha value is -7.88. The second kappa shape index (κ2) is 23.6. The van der Waals surface area contributed by atoms with Gasteiger partial charge in [-0.2, -0.15) is 0 Å². The number of aryl methyl sites for hydroxylation is 2. The highest BCUT2D eigenvalue weighted by atomic mass is 16.2. The number of nitrogens with zero attached hydrogens (tertiary/aromatic N) is 1. The van der Waals surface area contributed by atoms with Crippen LogP contribution in [0.4, 0.5) is 17.1 Å². The van der Waals surface area contributed by atoms with Gasteiger partial charge >= 0.3 is 0 Å². The highest BCUT2D eigenvalue weighted by molar-refractivity contribution is 6.20. The van der Waals surface area contributed by atoms with Crippen LogP contribution in [0.25, 0.3) is 44.5 Å². The van der Waals surface area contributed by atoms with Gasteiger partial charge in [-0.25, -0.2) is 0 Å². The summed E-state index contributed by atoms with van der Waals surface area (Å²) in [6.45, 7) is 8.74. The van der Waals surface area contributed by atoms with Gasteiger partial charge in [0, 0.05) is 35.3 Å². The molecule has 0 aliphatic heterocycles. The van der Waals surface area contributed by atoms with E-state index in [1.54, 1.807) is 0 Å². The number of hydrogen-bond acceptors (Lipinski definition) is 3. The predicted molar refractivity (Wildman–Crippen MR) is 331 cm³/mol. The minimum Gasteiger partial charge on any atom is -0.311 e. The van der Waals surface area contributed by atoms with Crippen LogP contribution in [-0.4, -0.2) is 11.6 Å². The molecule has 0 bridgehead atoms. The van der Waals surface area contributed by atoms with E-state index in [1.165, 1.54) is 50.1 Å². The molecule has 0 heterocycles. The number of rotatable bonds is 23. The third-order valence-electron chi connectivity index (χ3n) is 17.3. The van der Waals surface area contributed by atoms with Crippen molar-refractivity contribution < 1.29 is 9.59 Å². The Kier molecular flexibility index (Phi) is 15.9. The predicted octanol–water partition coefficient (Wildman–Crippen LogP) is 20.0. The van der Waals surface area contributed by atoms with Crippen LogP contribution in [0.2, 0.25) is 0 Å². The van der Waals surface area contributed by atoms with Crippen molar-refractivity contribution in [2.24, 2.45) is 0 Å². The number of carbonyl (C=O) groups excluding carboxylic acids is 2. The Morgan fingerprint density at radius 2 is 0.709 bits per heavy atom. The molecule has 0 saturated heterocycles. The molecule has 9 aromatic rings. The molecular weight excluding hydrogens is 959 g/mol. The first-order valence-electron chi connectivity index (χ1n) is 29.4. The molecule has 0 N–H and O–H groups in total. The van der Waals surface area contributed by atoms with Crippen LogP contribution in [0.5, 0.6) is 0 Å². The van der Waals surface area contributed by atoms with Gasteiger partial charge in [0.1, 0.15) is 5.41 Å². The maximum Gasteiger partial charge on any atom is 0.155 e. The van der Waals surface area contributed by atoms with E-state index in [4.69, 9.17) is 0 Å². The number of ketones is 2. The van der Waals surface area contributed by atoms with Gasteiger partial charge in [-0.05, 0) is 166 Å². The molecule has 0 fully saturated rings. The van der Waals surface area contributed by atoms with E-state index in [1.807, 2.05) is 0 Å². The van der Waals surface area contributed by atoms with Crippen molar-refractivity contribution in [2.45, 2.75) is 128 Å². The molecule has 3 nitrogen and oxygen atoms in total. The summed E-state index contributed by atoms with van der Waals surface area (Å²) in [5.41, 5.74) is 20.3. The van der Waals surface area contributed by atoms with E-state index in [-0.39, 0.29) is 17.0 Å². The van der Waals surface area contributed by atoms with E-state index < -0.39 is 5.41 Å². The van der Waals surface area contributed by atoms with Gasteiger partial charge in [0.05, 0.1) is 0 Å². The first-order valence-corrected chi connectivity index (χ1v) is 29.4. The summed E-state index contributed by atoms with van der Waals surface area (Å²) in [6, 6.07) is 77.7. The van der Waals surface area contributed by atoms with E-state index in [0.717, 1.165) is 133 Å². The van der Waals surface area contributed by atoms with Gasteiger partial charge in [-0.3, -0.25) is 9.59 Å². The van der Waals surface area contributed by atoms with Crippen LogP contribution < -0.4 is 4.90 Å². The number of para-hydroxylation sites is 1. The van der Waals surface area contributed by atoms with Gasteiger partial charge < -0.3 is 4.90 Å². The average molecular weight is 1030 g/mol. The van der Waals surface area contributed by atoms with Crippen molar-refractivity contribution in [1.82, 2.24) is 0 Å². The highest BCUT2D eigenvalue weighted by Gasteiger charge is 2.53. The lowest BCUT2D eigenvalue weighted by Gasteiger charge is -2.33. The van der Waals surface area contributed by atoms with Gasteiger partial charge in [-0.15, -0.1) is 0 Å². The smallest absolute Gasteiger partial charge is 0.155 e. The largest absolute Gasteiger partial charge is 0.311 e. The summed E-state index contributed by atoms with van der Waals surface area (Å²) < 4.78 is 0. The van der Waals surface area contributed by atoms with E-state index >= 15 is 9.59 Å². The Bertz CT molecular complexity index is 3510. The maximum atomic E-state index is 15.2. The molecule has 0 spiro atoms. The van der Waals surface area contributed by atoms with E-state index in [9.17, 15) is 0 Å². The van der Waals surface area contributed by atoms with Crippen molar-refractivity contribution in [3.63, 3.8) is 0 Å². The molecule has 396 valence electrons. The fourth-order valence-corrected chi connectivity index (χ4v) is 13.3. The zero-order valence-corrected chi connectivity index (χ0v) is 46.9. The topological polar surface area (TPSA) is 37.4 Å². The molecule has 9 aromatic carbocycles. The molecule has 0 aromatic heterocycles. The first-order chi connectivity index (χ1) is 38.7. The summed E-state index contributed by atoms with van der Waals surface area (Å²) in [5, 5.41) is 0. The summed E-state index contributed by atoms with van der Waals surface area (Å²) >= 11 is 0. The minimum absolute atomic E-state index is 0.0567. The molecule has 79 heavy (non-hydrogen) atoms. The van der Waals surface area contributed by atoms with Crippen LogP contribution in [0, 0.1) is 13.8 Å². The first kappa shape index (κ1) is 53.1. The third-order valence-corrected chi connectivity index (χ3v) is 17.3. The number of fused-ring (bicyclic) bond motifs is 6. The second-order valence-corrected chi connectivity index (χ2v) is 22.7. The zero-order valence-electron chi connectivity index (χ0n) is 46.9. The number of Topliss-reactive ketones (excluding diaryl/α,β-unsaturated/α-hetero) is 2. The number of unbranched alkanes of at least 4 members (excludes halogenated alkanes) is 8.